The molecule has 0 spiro atoms. The van der Waals surface area contributed by atoms with Gasteiger partial charge in [-0.3, -0.25) is 9.55 Å². The van der Waals surface area contributed by atoms with Gasteiger partial charge in [-0.05, 0) is 55.4 Å². The lowest BCUT2D eigenvalue weighted by molar-refractivity contribution is 0.643. The number of nitrogens with zero attached hydrogens (tertiary/aromatic N) is 3. The summed E-state index contributed by atoms with van der Waals surface area (Å²) in [6.07, 6.45) is 5.40. The van der Waals surface area contributed by atoms with Gasteiger partial charge in [0, 0.05) is 18.6 Å². The highest BCUT2D eigenvalue weighted by atomic mass is 32.1. The van der Waals surface area contributed by atoms with E-state index in [1.54, 1.807) is 12.4 Å². The number of hydrogen-bond acceptors (Lipinski definition) is 3. The molecule has 0 saturated carbocycles. The lowest BCUT2D eigenvalue weighted by Crippen LogP contribution is -2.07. The van der Waals surface area contributed by atoms with Crippen molar-refractivity contribution in [3.05, 3.63) is 52.7 Å². The minimum absolute atomic E-state index is 0.124. The van der Waals surface area contributed by atoms with Crippen LogP contribution in [0.1, 0.15) is 24.1 Å². The van der Waals surface area contributed by atoms with Crippen molar-refractivity contribution in [1.82, 2.24) is 19.5 Å². The maximum absolute atomic E-state index is 5.44. The van der Waals surface area contributed by atoms with E-state index in [-0.39, 0.29) is 6.04 Å². The molecule has 0 aliphatic rings. The van der Waals surface area contributed by atoms with E-state index >= 15 is 0 Å². The number of fused-ring (bicyclic) bond motifs is 1. The van der Waals surface area contributed by atoms with Crippen molar-refractivity contribution >= 4 is 23.4 Å². The topological polar surface area (TPSA) is 46.5 Å². The first kappa shape index (κ1) is 12.0. The van der Waals surface area contributed by atoms with Gasteiger partial charge < -0.3 is 4.98 Å². The molecule has 5 heteroatoms. The van der Waals surface area contributed by atoms with Gasteiger partial charge >= 0.3 is 0 Å². The van der Waals surface area contributed by atoms with Crippen molar-refractivity contribution in [1.29, 1.82) is 0 Å². The second kappa shape index (κ2) is 4.59. The van der Waals surface area contributed by atoms with Crippen molar-refractivity contribution in [3.8, 4) is 0 Å². The summed E-state index contributed by atoms with van der Waals surface area (Å²) in [6, 6.07) is 6.11. The Morgan fingerprint density at radius 3 is 2.68 bits per heavy atom. The third-order valence-electron chi connectivity index (χ3n) is 3.39. The molecule has 19 heavy (non-hydrogen) atoms. The standard InChI is InChI=1S/C14H14N4S/c1-9-3-8-16-13-12(9)17-14(19)18(13)10(2)11-4-6-15-7-5-11/h3-8,10H,1-2H3,(H,17,19). The summed E-state index contributed by atoms with van der Waals surface area (Å²) in [5, 5.41) is 0. The second-order valence-electron chi connectivity index (χ2n) is 4.58. The Balaban J connectivity index is 2.23. The predicted molar refractivity (Wildman–Crippen MR) is 77.7 cm³/mol. The van der Waals surface area contributed by atoms with Crippen LogP contribution in [-0.4, -0.2) is 19.5 Å². The number of aromatic amines is 1. The van der Waals surface area contributed by atoms with Crippen LogP contribution in [0.15, 0.2) is 36.8 Å². The highest BCUT2D eigenvalue weighted by molar-refractivity contribution is 7.71. The highest BCUT2D eigenvalue weighted by Crippen LogP contribution is 2.24. The number of aryl methyl sites for hydroxylation is 1. The number of rotatable bonds is 2. The van der Waals surface area contributed by atoms with Gasteiger partial charge in [0.05, 0.1) is 11.6 Å². The average Bonchev–Trinajstić information content (AvgIpc) is 2.77. The molecule has 0 bridgehead atoms. The largest absolute Gasteiger partial charge is 0.329 e. The molecule has 3 heterocycles. The predicted octanol–water partition coefficient (Wildman–Crippen LogP) is 3.41. The van der Waals surface area contributed by atoms with E-state index in [0.29, 0.717) is 4.77 Å². The van der Waals surface area contributed by atoms with Crippen LogP contribution in [0.5, 0.6) is 0 Å². The zero-order chi connectivity index (χ0) is 13.4. The summed E-state index contributed by atoms with van der Waals surface area (Å²) < 4.78 is 2.74. The first-order valence-corrected chi connectivity index (χ1v) is 6.55. The molecule has 0 amide bonds. The van der Waals surface area contributed by atoms with Gasteiger partial charge in [-0.1, -0.05) is 0 Å². The van der Waals surface area contributed by atoms with Crippen molar-refractivity contribution in [2.24, 2.45) is 0 Å². The first-order chi connectivity index (χ1) is 9.18. The van der Waals surface area contributed by atoms with Crippen LogP contribution < -0.4 is 0 Å². The van der Waals surface area contributed by atoms with Crippen molar-refractivity contribution in [3.63, 3.8) is 0 Å². The molecule has 1 N–H and O–H groups in total. The smallest absolute Gasteiger partial charge is 0.179 e. The summed E-state index contributed by atoms with van der Waals surface area (Å²) >= 11 is 5.44. The fourth-order valence-electron chi connectivity index (χ4n) is 2.29. The molecule has 0 aromatic carbocycles. The minimum Gasteiger partial charge on any atom is -0.329 e. The normalized spacial score (nSPS) is 12.7. The molecular formula is C14H14N4S. The van der Waals surface area contributed by atoms with Gasteiger partial charge in [0.15, 0.2) is 10.4 Å². The Morgan fingerprint density at radius 2 is 1.95 bits per heavy atom. The third-order valence-corrected chi connectivity index (χ3v) is 3.69. The van der Waals surface area contributed by atoms with E-state index in [4.69, 9.17) is 12.2 Å². The molecule has 1 unspecified atom stereocenters. The van der Waals surface area contributed by atoms with E-state index in [1.807, 2.05) is 29.0 Å². The Bertz CT molecular complexity index is 773. The summed E-state index contributed by atoms with van der Waals surface area (Å²) in [4.78, 5) is 11.8. The summed E-state index contributed by atoms with van der Waals surface area (Å²) in [6.45, 7) is 4.17. The van der Waals surface area contributed by atoms with E-state index in [1.165, 1.54) is 0 Å². The van der Waals surface area contributed by atoms with Crippen LogP contribution in [0, 0.1) is 11.7 Å². The molecule has 3 aromatic rings. The number of aromatic nitrogens is 4. The number of pyridine rings is 2. The van der Waals surface area contributed by atoms with Crippen LogP contribution in [0.3, 0.4) is 0 Å². The van der Waals surface area contributed by atoms with Gasteiger partial charge in [0.1, 0.15) is 0 Å². The maximum Gasteiger partial charge on any atom is 0.179 e. The van der Waals surface area contributed by atoms with E-state index in [0.717, 1.165) is 22.3 Å². The molecule has 4 nitrogen and oxygen atoms in total. The minimum atomic E-state index is 0.124. The molecule has 1 atom stereocenters. The molecule has 0 fully saturated rings. The lowest BCUT2D eigenvalue weighted by Gasteiger charge is -2.14. The van der Waals surface area contributed by atoms with Crippen LogP contribution >= 0.6 is 12.2 Å². The van der Waals surface area contributed by atoms with Crippen molar-refractivity contribution in [2.75, 3.05) is 0 Å². The lowest BCUT2D eigenvalue weighted by atomic mass is 10.1. The summed E-state index contributed by atoms with van der Waals surface area (Å²) in [5.41, 5.74) is 4.22. The number of nitrogens with one attached hydrogen (secondary N) is 1. The van der Waals surface area contributed by atoms with Gasteiger partial charge in [0.25, 0.3) is 0 Å². The van der Waals surface area contributed by atoms with Gasteiger partial charge in [-0.25, -0.2) is 4.98 Å². The third kappa shape index (κ3) is 1.96. The summed E-state index contributed by atoms with van der Waals surface area (Å²) in [7, 11) is 0. The van der Waals surface area contributed by atoms with Crippen LogP contribution in [0.4, 0.5) is 0 Å². The second-order valence-corrected chi connectivity index (χ2v) is 4.97. The quantitative estimate of drug-likeness (QED) is 0.726. The highest BCUT2D eigenvalue weighted by Gasteiger charge is 2.14. The Hall–Kier alpha value is -2.01. The van der Waals surface area contributed by atoms with Crippen LogP contribution in [0.25, 0.3) is 11.2 Å². The molecular weight excluding hydrogens is 256 g/mol. The maximum atomic E-state index is 5.44. The molecule has 0 radical (unpaired) electrons. The Morgan fingerprint density at radius 1 is 1.21 bits per heavy atom. The fraction of sp³-hybridized carbons (Fsp3) is 0.214. The Labute approximate surface area is 116 Å². The number of hydrogen-bond donors (Lipinski definition) is 1. The molecule has 3 aromatic heterocycles. The molecule has 0 aliphatic heterocycles. The van der Waals surface area contributed by atoms with E-state index in [9.17, 15) is 0 Å². The number of imidazole rings is 1. The van der Waals surface area contributed by atoms with E-state index < -0.39 is 0 Å². The molecule has 96 valence electrons. The molecule has 0 aliphatic carbocycles. The zero-order valence-electron chi connectivity index (χ0n) is 10.8. The van der Waals surface area contributed by atoms with Crippen LogP contribution in [0.2, 0.25) is 0 Å². The zero-order valence-corrected chi connectivity index (χ0v) is 11.6. The molecule has 3 rings (SSSR count). The SMILES string of the molecule is Cc1ccnc2c1[nH]c(=S)n2C(C)c1ccncc1. The van der Waals surface area contributed by atoms with Crippen molar-refractivity contribution in [2.45, 2.75) is 19.9 Å². The van der Waals surface area contributed by atoms with Gasteiger partial charge in [-0.2, -0.15) is 0 Å². The molecule has 0 saturated heterocycles. The van der Waals surface area contributed by atoms with E-state index in [2.05, 4.69) is 28.8 Å². The van der Waals surface area contributed by atoms with Gasteiger partial charge in [-0.15, -0.1) is 0 Å². The van der Waals surface area contributed by atoms with Gasteiger partial charge in [0.2, 0.25) is 0 Å². The summed E-state index contributed by atoms with van der Waals surface area (Å²) in [5.74, 6) is 0. The van der Waals surface area contributed by atoms with Crippen LogP contribution in [-0.2, 0) is 0 Å². The Kier molecular flexibility index (Phi) is 2.91. The fourth-order valence-corrected chi connectivity index (χ4v) is 2.64. The monoisotopic (exact) mass is 270 g/mol. The first-order valence-electron chi connectivity index (χ1n) is 6.14. The average molecular weight is 270 g/mol. The number of H-pyrrole nitrogens is 1. The van der Waals surface area contributed by atoms with Crippen molar-refractivity contribution < 1.29 is 0 Å².